The molecule has 0 aliphatic heterocycles. The van der Waals surface area contributed by atoms with Gasteiger partial charge in [-0.05, 0) is 49.6 Å². The standard InChI is InChI=1S/C21H26Cl2N2O2S/c1-4-14-25(15-5-2)21(20(23)17-8-6-16(3)7-9-17)24-28(26,27)19-12-10-18(22)11-13-19/h6-13,20H,4-5,14-15H2,1-3H3. The van der Waals surface area contributed by atoms with Gasteiger partial charge in [-0.2, -0.15) is 8.42 Å². The molecule has 0 fully saturated rings. The Bertz CT molecular complexity index is 889. The molecule has 0 saturated heterocycles. The van der Waals surface area contributed by atoms with Crippen molar-refractivity contribution in [3.05, 3.63) is 64.7 Å². The SMILES string of the molecule is CCCN(CCC)C(=NS(=O)(=O)c1ccc(Cl)cc1)C(Cl)c1ccc(C)cc1. The van der Waals surface area contributed by atoms with Crippen LogP contribution in [0.1, 0.15) is 43.2 Å². The second-order valence-corrected chi connectivity index (χ2v) is 9.12. The number of rotatable bonds is 8. The fourth-order valence-corrected chi connectivity index (χ4v) is 4.38. The summed E-state index contributed by atoms with van der Waals surface area (Å²) in [7, 11) is -3.92. The Kier molecular flexibility index (Phi) is 8.35. The number of amidine groups is 1. The van der Waals surface area contributed by atoms with Crippen molar-refractivity contribution in [1.29, 1.82) is 0 Å². The molecule has 0 aromatic heterocycles. The van der Waals surface area contributed by atoms with Crippen LogP contribution in [0.3, 0.4) is 0 Å². The molecule has 1 unspecified atom stereocenters. The lowest BCUT2D eigenvalue weighted by molar-refractivity contribution is 0.410. The lowest BCUT2D eigenvalue weighted by Crippen LogP contribution is -2.36. The van der Waals surface area contributed by atoms with Crippen LogP contribution >= 0.6 is 23.2 Å². The van der Waals surface area contributed by atoms with Crippen molar-refractivity contribution in [2.24, 2.45) is 4.40 Å². The van der Waals surface area contributed by atoms with Crippen molar-refractivity contribution in [1.82, 2.24) is 4.90 Å². The van der Waals surface area contributed by atoms with E-state index in [1.54, 1.807) is 0 Å². The monoisotopic (exact) mass is 440 g/mol. The van der Waals surface area contributed by atoms with Gasteiger partial charge in [-0.1, -0.05) is 55.3 Å². The molecule has 0 N–H and O–H groups in total. The smallest absolute Gasteiger partial charge is 0.284 e. The van der Waals surface area contributed by atoms with Gasteiger partial charge in [0.1, 0.15) is 11.2 Å². The second kappa shape index (κ2) is 10.3. The van der Waals surface area contributed by atoms with Crippen molar-refractivity contribution in [3.8, 4) is 0 Å². The minimum Gasteiger partial charge on any atom is -0.358 e. The molecule has 2 aromatic carbocycles. The predicted octanol–water partition coefficient (Wildman–Crippen LogP) is 5.84. The number of benzene rings is 2. The fraction of sp³-hybridized carbons (Fsp3) is 0.381. The van der Waals surface area contributed by atoms with E-state index in [-0.39, 0.29) is 4.90 Å². The molecule has 2 rings (SSSR count). The van der Waals surface area contributed by atoms with Crippen LogP contribution in [0.5, 0.6) is 0 Å². The Labute approximate surface area is 178 Å². The first-order chi connectivity index (χ1) is 13.3. The van der Waals surface area contributed by atoms with Crippen molar-refractivity contribution in [2.45, 2.75) is 43.9 Å². The molecular weight excluding hydrogens is 415 g/mol. The third-order valence-electron chi connectivity index (χ3n) is 4.23. The molecule has 2 aromatic rings. The summed E-state index contributed by atoms with van der Waals surface area (Å²) >= 11 is 12.6. The molecule has 0 saturated carbocycles. The van der Waals surface area contributed by atoms with E-state index in [2.05, 4.69) is 4.40 Å². The molecule has 0 bridgehead atoms. The van der Waals surface area contributed by atoms with E-state index in [1.807, 2.05) is 49.9 Å². The van der Waals surface area contributed by atoms with E-state index in [0.29, 0.717) is 23.9 Å². The number of halogens is 2. The number of aryl methyl sites for hydroxylation is 1. The summed E-state index contributed by atoms with van der Waals surface area (Å²) in [5, 5.41) is -0.197. The molecule has 0 amide bonds. The van der Waals surface area contributed by atoms with Crippen molar-refractivity contribution >= 4 is 39.1 Å². The van der Waals surface area contributed by atoms with Gasteiger partial charge >= 0.3 is 0 Å². The van der Waals surface area contributed by atoms with Crippen LogP contribution in [0.25, 0.3) is 0 Å². The van der Waals surface area contributed by atoms with Crippen LogP contribution in [-0.4, -0.2) is 32.2 Å². The topological polar surface area (TPSA) is 49.7 Å². The largest absolute Gasteiger partial charge is 0.358 e. The maximum atomic E-state index is 12.9. The zero-order valence-electron chi connectivity index (χ0n) is 16.4. The molecule has 4 nitrogen and oxygen atoms in total. The normalized spacial score (nSPS) is 13.4. The van der Waals surface area contributed by atoms with E-state index in [0.717, 1.165) is 24.0 Å². The first-order valence-electron chi connectivity index (χ1n) is 9.34. The van der Waals surface area contributed by atoms with Gasteiger partial charge in [0, 0.05) is 18.1 Å². The summed E-state index contributed by atoms with van der Waals surface area (Å²) in [6.07, 6.45) is 1.72. The average Bonchev–Trinajstić information content (AvgIpc) is 2.66. The number of nitrogens with zero attached hydrogens (tertiary/aromatic N) is 2. The predicted molar refractivity (Wildman–Crippen MR) is 118 cm³/mol. The molecule has 28 heavy (non-hydrogen) atoms. The summed E-state index contributed by atoms with van der Waals surface area (Å²) in [5.74, 6) is 0.351. The molecule has 152 valence electrons. The first kappa shape index (κ1) is 22.7. The highest BCUT2D eigenvalue weighted by molar-refractivity contribution is 7.90. The number of hydrogen-bond donors (Lipinski definition) is 0. The van der Waals surface area contributed by atoms with Crippen molar-refractivity contribution < 1.29 is 8.42 Å². The van der Waals surface area contributed by atoms with Gasteiger partial charge in [-0.3, -0.25) is 0 Å². The third-order valence-corrected chi connectivity index (χ3v) is 6.23. The highest BCUT2D eigenvalue weighted by atomic mass is 35.5. The summed E-state index contributed by atoms with van der Waals surface area (Å²) < 4.78 is 30.1. The Morgan fingerprint density at radius 1 is 1.00 bits per heavy atom. The van der Waals surface area contributed by atoms with Gasteiger partial charge in [0.25, 0.3) is 10.0 Å². The first-order valence-corrected chi connectivity index (χ1v) is 11.6. The van der Waals surface area contributed by atoms with Crippen molar-refractivity contribution in [3.63, 3.8) is 0 Å². The molecule has 0 heterocycles. The second-order valence-electron chi connectivity index (χ2n) is 6.64. The highest BCUT2D eigenvalue weighted by Gasteiger charge is 2.25. The number of sulfonamides is 1. The number of hydrogen-bond acceptors (Lipinski definition) is 2. The van der Waals surface area contributed by atoms with Gasteiger partial charge in [-0.25, -0.2) is 0 Å². The van der Waals surface area contributed by atoms with Crippen LogP contribution < -0.4 is 0 Å². The number of alkyl halides is 1. The Hall–Kier alpha value is -1.56. The maximum absolute atomic E-state index is 12.9. The van der Waals surface area contributed by atoms with Gasteiger partial charge in [0.2, 0.25) is 0 Å². The Morgan fingerprint density at radius 2 is 1.54 bits per heavy atom. The highest BCUT2D eigenvalue weighted by Crippen LogP contribution is 2.27. The summed E-state index contributed by atoms with van der Waals surface area (Å²) in [5.41, 5.74) is 1.92. The lowest BCUT2D eigenvalue weighted by atomic mass is 10.1. The zero-order valence-corrected chi connectivity index (χ0v) is 18.7. The summed E-state index contributed by atoms with van der Waals surface area (Å²) in [4.78, 5) is 2.06. The van der Waals surface area contributed by atoms with Crippen molar-refractivity contribution in [2.75, 3.05) is 13.1 Å². The Balaban J connectivity index is 2.53. The quantitative estimate of drug-likeness (QED) is 0.294. The van der Waals surface area contributed by atoms with Crippen LogP contribution in [0.2, 0.25) is 5.02 Å². The van der Waals surface area contributed by atoms with Crippen LogP contribution in [0.4, 0.5) is 0 Å². The summed E-state index contributed by atoms with van der Waals surface area (Å²) in [6.45, 7) is 7.44. The average molecular weight is 441 g/mol. The van der Waals surface area contributed by atoms with Gasteiger partial charge < -0.3 is 4.90 Å². The van der Waals surface area contributed by atoms with E-state index < -0.39 is 15.4 Å². The van der Waals surface area contributed by atoms with Crippen LogP contribution in [0, 0.1) is 6.92 Å². The van der Waals surface area contributed by atoms with Crippen LogP contribution in [-0.2, 0) is 10.0 Å². The lowest BCUT2D eigenvalue weighted by Gasteiger charge is -2.28. The Morgan fingerprint density at radius 3 is 2.04 bits per heavy atom. The summed E-state index contributed by atoms with van der Waals surface area (Å²) in [6, 6.07) is 13.7. The fourth-order valence-electron chi connectivity index (χ4n) is 2.81. The molecule has 0 aliphatic rings. The molecular formula is C21H26Cl2N2O2S. The maximum Gasteiger partial charge on any atom is 0.284 e. The van der Waals surface area contributed by atoms with Gasteiger partial charge in [-0.15, -0.1) is 16.0 Å². The van der Waals surface area contributed by atoms with Gasteiger partial charge in [0.15, 0.2) is 0 Å². The van der Waals surface area contributed by atoms with E-state index in [9.17, 15) is 8.42 Å². The zero-order chi connectivity index (χ0) is 20.7. The molecule has 0 radical (unpaired) electrons. The van der Waals surface area contributed by atoms with E-state index >= 15 is 0 Å². The van der Waals surface area contributed by atoms with E-state index in [4.69, 9.17) is 23.2 Å². The van der Waals surface area contributed by atoms with Crippen LogP contribution in [0.15, 0.2) is 57.8 Å². The van der Waals surface area contributed by atoms with E-state index in [1.165, 1.54) is 24.3 Å². The minimum atomic E-state index is -3.92. The molecule has 0 aliphatic carbocycles. The minimum absolute atomic E-state index is 0.0927. The third kappa shape index (κ3) is 5.97. The van der Waals surface area contributed by atoms with Gasteiger partial charge in [0.05, 0.1) is 4.90 Å². The molecule has 0 spiro atoms. The molecule has 1 atom stereocenters. The molecule has 7 heteroatoms.